The quantitative estimate of drug-likeness (QED) is 0.715. The number of rotatable bonds is 5. The minimum atomic E-state index is -0.0576. The lowest BCUT2D eigenvalue weighted by atomic mass is 10.2. The maximum absolute atomic E-state index is 12.6. The third kappa shape index (κ3) is 3.30. The molecule has 0 aliphatic heterocycles. The Kier molecular flexibility index (Phi) is 4.61. The highest BCUT2D eigenvalue weighted by Crippen LogP contribution is 2.25. The largest absolute Gasteiger partial charge is 0.473 e. The molecule has 124 valence electrons. The van der Waals surface area contributed by atoms with Gasteiger partial charge in [0, 0.05) is 26.0 Å². The lowest BCUT2D eigenvalue weighted by Crippen LogP contribution is -2.26. The van der Waals surface area contributed by atoms with Crippen molar-refractivity contribution < 1.29 is 9.53 Å². The van der Waals surface area contributed by atoms with Gasteiger partial charge in [0.1, 0.15) is 4.88 Å². The number of aryl methyl sites for hydroxylation is 1. The molecule has 2 aromatic heterocycles. The minimum absolute atomic E-state index is 0.0576. The second kappa shape index (κ2) is 6.84. The van der Waals surface area contributed by atoms with Crippen molar-refractivity contribution in [2.75, 3.05) is 14.2 Å². The van der Waals surface area contributed by atoms with Crippen molar-refractivity contribution >= 4 is 17.2 Å². The molecule has 0 saturated carbocycles. The molecule has 0 spiro atoms. The van der Waals surface area contributed by atoms with Gasteiger partial charge in [0.2, 0.25) is 0 Å². The Labute approximate surface area is 144 Å². The number of carbonyl (C=O) groups is 1. The number of ether oxygens (including phenoxy) is 1. The summed E-state index contributed by atoms with van der Waals surface area (Å²) in [6, 6.07) is 9.85. The normalized spacial score (nSPS) is 10.6. The summed E-state index contributed by atoms with van der Waals surface area (Å²) in [4.78, 5) is 19.2. The van der Waals surface area contributed by atoms with E-state index in [1.165, 1.54) is 11.3 Å². The van der Waals surface area contributed by atoms with Gasteiger partial charge in [0.25, 0.3) is 11.1 Å². The first-order valence-corrected chi connectivity index (χ1v) is 8.26. The summed E-state index contributed by atoms with van der Waals surface area (Å²) < 4.78 is 6.90. The van der Waals surface area contributed by atoms with Crippen LogP contribution in [0, 0.1) is 6.92 Å². The summed E-state index contributed by atoms with van der Waals surface area (Å²) >= 11 is 1.27. The van der Waals surface area contributed by atoms with Crippen LogP contribution in [-0.4, -0.2) is 39.7 Å². The third-order valence-electron chi connectivity index (χ3n) is 3.59. The Balaban J connectivity index is 1.77. The fraction of sp³-hybridized carbons (Fsp3) is 0.235. The first-order valence-electron chi connectivity index (χ1n) is 7.44. The van der Waals surface area contributed by atoms with Crippen LogP contribution >= 0.6 is 11.3 Å². The topological polar surface area (TPSA) is 60.2 Å². The molecule has 7 heteroatoms. The molecule has 3 aromatic rings. The number of aromatic nitrogens is 3. The number of nitrogens with zero attached hydrogens (tertiary/aromatic N) is 4. The number of benzene rings is 1. The molecule has 24 heavy (non-hydrogen) atoms. The van der Waals surface area contributed by atoms with Crippen LogP contribution in [0.25, 0.3) is 5.69 Å². The smallest absolute Gasteiger partial charge is 0.273 e. The van der Waals surface area contributed by atoms with Gasteiger partial charge in [0.05, 0.1) is 18.5 Å². The van der Waals surface area contributed by atoms with E-state index in [0.717, 1.165) is 11.3 Å². The Morgan fingerprint density at radius 2 is 2.21 bits per heavy atom. The first-order chi connectivity index (χ1) is 11.6. The van der Waals surface area contributed by atoms with Crippen molar-refractivity contribution in [3.63, 3.8) is 0 Å². The van der Waals surface area contributed by atoms with Crippen LogP contribution in [0.5, 0.6) is 5.19 Å². The van der Waals surface area contributed by atoms with E-state index in [4.69, 9.17) is 4.74 Å². The fourth-order valence-electron chi connectivity index (χ4n) is 2.40. The maximum atomic E-state index is 12.6. The Hall–Kier alpha value is -2.67. The molecule has 2 heterocycles. The molecule has 1 aromatic carbocycles. The number of hydrogen-bond donors (Lipinski definition) is 0. The summed E-state index contributed by atoms with van der Waals surface area (Å²) in [5, 5.41) is 4.73. The number of thiazole rings is 1. The molecular formula is C17H18N4O2S. The van der Waals surface area contributed by atoms with E-state index in [1.54, 1.807) is 29.9 Å². The fourth-order valence-corrected chi connectivity index (χ4v) is 3.27. The molecular weight excluding hydrogens is 324 g/mol. The van der Waals surface area contributed by atoms with Gasteiger partial charge >= 0.3 is 0 Å². The highest BCUT2D eigenvalue weighted by molar-refractivity contribution is 7.15. The van der Waals surface area contributed by atoms with Crippen molar-refractivity contribution in [3.8, 4) is 10.9 Å². The van der Waals surface area contributed by atoms with Crippen LogP contribution in [0.3, 0.4) is 0 Å². The molecule has 0 aliphatic rings. The molecule has 1 amide bonds. The lowest BCUT2D eigenvalue weighted by Gasteiger charge is -2.17. The Morgan fingerprint density at radius 3 is 2.88 bits per heavy atom. The Bertz CT molecular complexity index is 842. The Morgan fingerprint density at radius 1 is 1.38 bits per heavy atom. The average molecular weight is 342 g/mol. The predicted octanol–water partition coefficient (Wildman–Crippen LogP) is 2.92. The van der Waals surface area contributed by atoms with Gasteiger partial charge in [-0.2, -0.15) is 5.10 Å². The monoisotopic (exact) mass is 342 g/mol. The molecule has 0 saturated heterocycles. The van der Waals surface area contributed by atoms with Crippen molar-refractivity contribution in [3.05, 3.63) is 58.9 Å². The summed E-state index contributed by atoms with van der Waals surface area (Å²) in [5.41, 5.74) is 2.70. The van der Waals surface area contributed by atoms with Crippen molar-refractivity contribution in [2.24, 2.45) is 0 Å². The second-order valence-electron chi connectivity index (χ2n) is 5.38. The predicted molar refractivity (Wildman–Crippen MR) is 92.8 cm³/mol. The second-order valence-corrected chi connectivity index (χ2v) is 6.34. The van der Waals surface area contributed by atoms with E-state index in [-0.39, 0.29) is 5.91 Å². The molecule has 0 aliphatic carbocycles. The van der Waals surface area contributed by atoms with E-state index >= 15 is 0 Å². The maximum Gasteiger partial charge on any atom is 0.273 e. The summed E-state index contributed by atoms with van der Waals surface area (Å²) in [6.45, 7) is 2.33. The van der Waals surface area contributed by atoms with Gasteiger partial charge in [-0.15, -0.1) is 0 Å². The van der Waals surface area contributed by atoms with E-state index in [1.807, 2.05) is 43.5 Å². The highest BCUT2D eigenvalue weighted by Gasteiger charge is 2.19. The number of methoxy groups -OCH3 is 1. The standard InChI is InChI=1S/C17H18N4O2S/c1-12-15(24-17(19-12)23-3)16(22)20(2)11-13-6-4-7-14(10-13)21-9-5-8-18-21/h4-10H,11H2,1-3H3. The summed E-state index contributed by atoms with van der Waals surface area (Å²) in [7, 11) is 3.34. The van der Waals surface area contributed by atoms with Crippen LogP contribution in [0.2, 0.25) is 0 Å². The van der Waals surface area contributed by atoms with E-state index in [9.17, 15) is 4.79 Å². The molecule has 0 N–H and O–H groups in total. The van der Waals surface area contributed by atoms with Crippen LogP contribution in [0.1, 0.15) is 20.9 Å². The number of hydrogen-bond acceptors (Lipinski definition) is 5. The molecule has 0 atom stereocenters. The van der Waals surface area contributed by atoms with Gasteiger partial charge < -0.3 is 9.64 Å². The van der Waals surface area contributed by atoms with Crippen LogP contribution in [-0.2, 0) is 6.54 Å². The zero-order chi connectivity index (χ0) is 17.1. The first kappa shape index (κ1) is 16.2. The van der Waals surface area contributed by atoms with Gasteiger partial charge in [0.15, 0.2) is 0 Å². The molecule has 0 unspecified atom stereocenters. The van der Waals surface area contributed by atoms with Crippen molar-refractivity contribution in [1.29, 1.82) is 0 Å². The molecule has 0 fully saturated rings. The van der Waals surface area contributed by atoms with Crippen LogP contribution < -0.4 is 4.74 Å². The lowest BCUT2D eigenvalue weighted by molar-refractivity contribution is 0.0789. The highest BCUT2D eigenvalue weighted by atomic mass is 32.1. The summed E-state index contributed by atoms with van der Waals surface area (Å²) in [6.07, 6.45) is 3.63. The van der Waals surface area contributed by atoms with E-state index in [2.05, 4.69) is 10.1 Å². The zero-order valence-electron chi connectivity index (χ0n) is 13.8. The van der Waals surface area contributed by atoms with Crippen molar-refractivity contribution in [1.82, 2.24) is 19.7 Å². The number of carbonyl (C=O) groups excluding carboxylic acids is 1. The minimum Gasteiger partial charge on any atom is -0.473 e. The van der Waals surface area contributed by atoms with Gasteiger partial charge in [-0.3, -0.25) is 4.79 Å². The van der Waals surface area contributed by atoms with Gasteiger partial charge in [-0.25, -0.2) is 9.67 Å². The molecule has 0 radical (unpaired) electrons. The van der Waals surface area contributed by atoms with E-state index in [0.29, 0.717) is 22.3 Å². The molecule has 0 bridgehead atoms. The molecule has 3 rings (SSSR count). The number of amides is 1. The average Bonchev–Trinajstić information content (AvgIpc) is 3.24. The van der Waals surface area contributed by atoms with Gasteiger partial charge in [-0.1, -0.05) is 23.5 Å². The molecule has 6 nitrogen and oxygen atoms in total. The van der Waals surface area contributed by atoms with Crippen molar-refractivity contribution in [2.45, 2.75) is 13.5 Å². The van der Waals surface area contributed by atoms with Crippen LogP contribution in [0.15, 0.2) is 42.7 Å². The SMILES string of the molecule is COc1nc(C)c(C(=O)N(C)Cc2cccc(-n3cccn3)c2)s1. The van der Waals surface area contributed by atoms with Gasteiger partial charge in [-0.05, 0) is 30.7 Å². The third-order valence-corrected chi connectivity index (χ3v) is 4.70. The van der Waals surface area contributed by atoms with Crippen LogP contribution in [0.4, 0.5) is 0 Å². The van der Waals surface area contributed by atoms with E-state index < -0.39 is 0 Å². The summed E-state index contributed by atoms with van der Waals surface area (Å²) in [5.74, 6) is -0.0576. The zero-order valence-corrected chi connectivity index (χ0v) is 14.6.